The Morgan fingerprint density at radius 1 is 1.36 bits per heavy atom. The van der Waals surface area contributed by atoms with Crippen molar-refractivity contribution in [1.82, 2.24) is 0 Å². The average Bonchev–Trinajstić information content (AvgIpc) is 2.46. The fourth-order valence-electron chi connectivity index (χ4n) is 2.33. The predicted octanol–water partition coefficient (Wildman–Crippen LogP) is 1.82. The molecule has 2 aromatic carbocycles. The van der Waals surface area contributed by atoms with E-state index in [1.165, 1.54) is 12.1 Å². The third-order valence-electron chi connectivity index (χ3n) is 3.33. The van der Waals surface area contributed by atoms with Crippen molar-refractivity contribution in [1.29, 1.82) is 0 Å². The van der Waals surface area contributed by atoms with Crippen molar-refractivity contribution in [3.8, 4) is 11.5 Å². The van der Waals surface area contributed by atoms with E-state index in [2.05, 4.69) is 0 Å². The Bertz CT molecular complexity index is 958. The van der Waals surface area contributed by atoms with Crippen LogP contribution in [0.4, 0.5) is 0 Å². The number of hydrogen-bond donors (Lipinski definition) is 2. The SMILES string of the molecule is Cc1cccc2c(=O)c3c(O)cc(OCC(N)=O)cc3oc12. The number of amides is 1. The molecular formula is C16H13NO5. The molecule has 3 aromatic rings. The van der Waals surface area contributed by atoms with Crippen LogP contribution in [0.15, 0.2) is 39.5 Å². The highest BCUT2D eigenvalue weighted by Gasteiger charge is 2.14. The first-order chi connectivity index (χ1) is 10.5. The number of ether oxygens (including phenoxy) is 1. The van der Waals surface area contributed by atoms with Crippen LogP contribution in [-0.2, 0) is 4.79 Å². The van der Waals surface area contributed by atoms with Gasteiger partial charge in [-0.1, -0.05) is 12.1 Å². The first-order valence-corrected chi connectivity index (χ1v) is 6.57. The molecule has 1 aromatic heterocycles. The van der Waals surface area contributed by atoms with Gasteiger partial charge in [0.1, 0.15) is 28.1 Å². The molecule has 0 aliphatic carbocycles. The maximum Gasteiger partial charge on any atom is 0.255 e. The minimum Gasteiger partial charge on any atom is -0.507 e. The van der Waals surface area contributed by atoms with Gasteiger partial charge < -0.3 is 20.0 Å². The van der Waals surface area contributed by atoms with Gasteiger partial charge in [-0.3, -0.25) is 9.59 Å². The molecule has 1 heterocycles. The van der Waals surface area contributed by atoms with Gasteiger partial charge in [-0.25, -0.2) is 0 Å². The number of benzene rings is 2. The summed E-state index contributed by atoms with van der Waals surface area (Å²) in [7, 11) is 0. The van der Waals surface area contributed by atoms with Gasteiger partial charge in [-0.15, -0.1) is 0 Å². The van der Waals surface area contributed by atoms with Gasteiger partial charge in [0, 0.05) is 12.1 Å². The Balaban J connectivity index is 2.29. The standard InChI is InChI=1S/C16H13NO5/c1-8-3-2-4-10-15(20)14-11(18)5-9(21-7-13(17)19)6-12(14)22-16(8)10/h2-6,18H,7H2,1H3,(H2,17,19). The van der Waals surface area contributed by atoms with Crippen LogP contribution in [-0.4, -0.2) is 17.6 Å². The predicted molar refractivity (Wildman–Crippen MR) is 81.1 cm³/mol. The molecule has 3 N–H and O–H groups in total. The molecular weight excluding hydrogens is 286 g/mol. The normalized spacial score (nSPS) is 11.0. The smallest absolute Gasteiger partial charge is 0.255 e. The Morgan fingerprint density at radius 2 is 2.14 bits per heavy atom. The maximum atomic E-state index is 12.5. The lowest BCUT2D eigenvalue weighted by Gasteiger charge is -2.08. The number of phenolic OH excluding ortho intramolecular Hbond substituents is 1. The molecule has 0 spiro atoms. The van der Waals surface area contributed by atoms with Gasteiger partial charge in [-0.05, 0) is 18.6 Å². The third kappa shape index (κ3) is 2.24. The number of aryl methyl sites for hydroxylation is 1. The molecule has 0 atom stereocenters. The number of nitrogens with two attached hydrogens (primary N) is 1. The lowest BCUT2D eigenvalue weighted by atomic mass is 10.1. The molecule has 6 heteroatoms. The van der Waals surface area contributed by atoms with E-state index in [1.54, 1.807) is 12.1 Å². The molecule has 3 rings (SSSR count). The van der Waals surface area contributed by atoms with Gasteiger partial charge in [0.2, 0.25) is 5.43 Å². The molecule has 0 saturated carbocycles. The van der Waals surface area contributed by atoms with Crippen molar-refractivity contribution in [2.75, 3.05) is 6.61 Å². The van der Waals surface area contributed by atoms with E-state index < -0.39 is 5.91 Å². The average molecular weight is 299 g/mol. The zero-order chi connectivity index (χ0) is 15.9. The molecule has 22 heavy (non-hydrogen) atoms. The number of hydrogen-bond acceptors (Lipinski definition) is 5. The van der Waals surface area contributed by atoms with Crippen molar-refractivity contribution < 1.29 is 19.1 Å². The molecule has 0 unspecified atom stereocenters. The highest BCUT2D eigenvalue weighted by Crippen LogP contribution is 2.31. The van der Waals surface area contributed by atoms with E-state index in [9.17, 15) is 14.7 Å². The van der Waals surface area contributed by atoms with Gasteiger partial charge in [0.15, 0.2) is 6.61 Å². The van der Waals surface area contributed by atoms with Crippen LogP contribution in [0.1, 0.15) is 5.56 Å². The zero-order valence-corrected chi connectivity index (χ0v) is 11.8. The molecule has 0 bridgehead atoms. The van der Waals surface area contributed by atoms with Gasteiger partial charge in [-0.2, -0.15) is 0 Å². The van der Waals surface area contributed by atoms with Crippen molar-refractivity contribution in [3.63, 3.8) is 0 Å². The minimum absolute atomic E-state index is 0.0736. The van der Waals surface area contributed by atoms with Gasteiger partial charge in [0.25, 0.3) is 5.91 Å². The Kier molecular flexibility index (Phi) is 3.21. The summed E-state index contributed by atoms with van der Waals surface area (Å²) in [6, 6.07) is 7.92. The number of primary amides is 1. The van der Waals surface area contributed by atoms with E-state index in [1.807, 2.05) is 13.0 Å². The number of fused-ring (bicyclic) bond motifs is 2. The quantitative estimate of drug-likeness (QED) is 0.718. The summed E-state index contributed by atoms with van der Waals surface area (Å²) >= 11 is 0. The second-order valence-electron chi connectivity index (χ2n) is 4.95. The summed E-state index contributed by atoms with van der Waals surface area (Å²) in [6.45, 7) is 1.49. The van der Waals surface area contributed by atoms with E-state index in [0.717, 1.165) is 5.56 Å². The van der Waals surface area contributed by atoms with Crippen molar-refractivity contribution in [2.45, 2.75) is 6.92 Å². The van der Waals surface area contributed by atoms with Crippen LogP contribution in [0.25, 0.3) is 21.9 Å². The Morgan fingerprint density at radius 3 is 2.86 bits per heavy atom. The summed E-state index contributed by atoms with van der Waals surface area (Å²) in [5.74, 6) is -0.718. The second kappa shape index (κ2) is 5.07. The molecule has 0 aliphatic heterocycles. The molecule has 112 valence electrons. The molecule has 0 saturated heterocycles. The largest absolute Gasteiger partial charge is 0.507 e. The molecule has 0 fully saturated rings. The number of para-hydroxylation sites is 1. The summed E-state index contributed by atoms with van der Waals surface area (Å²) in [6.07, 6.45) is 0. The van der Waals surface area contributed by atoms with Crippen LogP contribution < -0.4 is 15.9 Å². The number of rotatable bonds is 3. The Hall–Kier alpha value is -3.02. The van der Waals surface area contributed by atoms with Crippen LogP contribution in [0.5, 0.6) is 11.5 Å². The first kappa shape index (κ1) is 13.9. The van der Waals surface area contributed by atoms with E-state index in [4.69, 9.17) is 14.9 Å². The molecule has 0 radical (unpaired) electrons. The molecule has 6 nitrogen and oxygen atoms in total. The number of carbonyl (C=O) groups is 1. The van der Waals surface area contributed by atoms with Crippen LogP contribution in [0, 0.1) is 6.92 Å². The fourth-order valence-corrected chi connectivity index (χ4v) is 2.33. The monoisotopic (exact) mass is 299 g/mol. The molecule has 0 aliphatic rings. The van der Waals surface area contributed by atoms with Crippen LogP contribution in [0.2, 0.25) is 0 Å². The van der Waals surface area contributed by atoms with Crippen molar-refractivity contribution >= 4 is 27.8 Å². The minimum atomic E-state index is -0.643. The van der Waals surface area contributed by atoms with E-state index in [0.29, 0.717) is 11.0 Å². The highest BCUT2D eigenvalue weighted by atomic mass is 16.5. The summed E-state index contributed by atoms with van der Waals surface area (Å²) in [5, 5.41) is 10.5. The summed E-state index contributed by atoms with van der Waals surface area (Å²) in [4.78, 5) is 23.3. The number of aromatic hydroxyl groups is 1. The number of phenols is 1. The Labute approximate surface area is 124 Å². The first-order valence-electron chi connectivity index (χ1n) is 6.57. The van der Waals surface area contributed by atoms with Crippen molar-refractivity contribution in [3.05, 3.63) is 46.1 Å². The van der Waals surface area contributed by atoms with E-state index >= 15 is 0 Å². The van der Waals surface area contributed by atoms with Crippen LogP contribution in [0.3, 0.4) is 0 Å². The van der Waals surface area contributed by atoms with Crippen LogP contribution >= 0.6 is 0 Å². The van der Waals surface area contributed by atoms with Gasteiger partial charge >= 0.3 is 0 Å². The highest BCUT2D eigenvalue weighted by molar-refractivity contribution is 5.94. The van der Waals surface area contributed by atoms with Gasteiger partial charge in [0.05, 0.1) is 5.39 Å². The second-order valence-corrected chi connectivity index (χ2v) is 4.95. The van der Waals surface area contributed by atoms with E-state index in [-0.39, 0.29) is 34.5 Å². The fraction of sp³-hybridized carbons (Fsp3) is 0.125. The lowest BCUT2D eigenvalue weighted by molar-refractivity contribution is -0.119. The zero-order valence-electron chi connectivity index (χ0n) is 11.8. The topological polar surface area (TPSA) is 103 Å². The molecule has 1 amide bonds. The lowest BCUT2D eigenvalue weighted by Crippen LogP contribution is -2.20. The summed E-state index contributed by atoms with van der Waals surface area (Å²) in [5.41, 5.74) is 6.13. The maximum absolute atomic E-state index is 12.5. The van der Waals surface area contributed by atoms with Crippen molar-refractivity contribution in [2.24, 2.45) is 5.73 Å². The summed E-state index contributed by atoms with van der Waals surface area (Å²) < 4.78 is 10.9. The number of carbonyl (C=O) groups excluding carboxylic acids is 1. The third-order valence-corrected chi connectivity index (χ3v) is 3.33.